The molecule has 0 radical (unpaired) electrons. The fourth-order valence-electron chi connectivity index (χ4n) is 0.954. The van der Waals surface area contributed by atoms with Crippen LogP contribution < -0.4 is 5.73 Å². The van der Waals surface area contributed by atoms with Crippen LogP contribution in [0.1, 0.15) is 10.4 Å². The van der Waals surface area contributed by atoms with Crippen LogP contribution in [0.4, 0.5) is 10.1 Å². The summed E-state index contributed by atoms with van der Waals surface area (Å²) >= 11 is 8.39. The highest BCUT2D eigenvalue weighted by atomic mass is 79.9. The van der Waals surface area contributed by atoms with Gasteiger partial charge >= 0.3 is 0 Å². The van der Waals surface area contributed by atoms with Gasteiger partial charge in [-0.3, -0.25) is 4.79 Å². The van der Waals surface area contributed by atoms with Gasteiger partial charge in [-0.2, -0.15) is 0 Å². The van der Waals surface area contributed by atoms with Crippen molar-refractivity contribution in [3.05, 3.63) is 28.0 Å². The van der Waals surface area contributed by atoms with Gasteiger partial charge < -0.3 is 5.73 Å². The van der Waals surface area contributed by atoms with E-state index in [4.69, 9.17) is 17.3 Å². The van der Waals surface area contributed by atoms with Crippen LogP contribution in [-0.2, 0) is 0 Å². The zero-order valence-corrected chi connectivity index (χ0v) is 8.82. The summed E-state index contributed by atoms with van der Waals surface area (Å²) < 4.78 is 13.1. The molecule has 0 bridgehead atoms. The molecule has 13 heavy (non-hydrogen) atoms. The molecule has 0 unspecified atom stereocenters. The highest BCUT2D eigenvalue weighted by molar-refractivity contribution is 9.10. The van der Waals surface area contributed by atoms with E-state index in [1.54, 1.807) is 0 Å². The van der Waals surface area contributed by atoms with Gasteiger partial charge in [0.15, 0.2) is 5.78 Å². The number of Topliss-reactive ketones (excluding diaryl/α,β-unsaturated/α-hetero) is 1. The predicted octanol–water partition coefficient (Wildman–Crippen LogP) is 2.59. The van der Waals surface area contributed by atoms with E-state index in [2.05, 4.69) is 15.9 Å². The summed E-state index contributed by atoms with van der Waals surface area (Å²) in [6.07, 6.45) is 0. The quantitative estimate of drug-likeness (QED) is 0.508. The van der Waals surface area contributed by atoms with Crippen LogP contribution in [0.3, 0.4) is 0 Å². The number of benzene rings is 1. The molecular weight excluding hydrogens is 260 g/mol. The zero-order chi connectivity index (χ0) is 10.0. The number of alkyl halides is 1. The minimum absolute atomic E-state index is 0.0949. The van der Waals surface area contributed by atoms with Gasteiger partial charge in [-0.05, 0) is 28.1 Å². The summed E-state index contributed by atoms with van der Waals surface area (Å²) in [6, 6.07) is 2.26. The number of halogens is 3. The lowest BCUT2D eigenvalue weighted by Crippen LogP contribution is -2.06. The number of nitrogen functional groups attached to an aromatic ring is 1. The Morgan fingerprint density at radius 2 is 2.23 bits per heavy atom. The largest absolute Gasteiger partial charge is 0.398 e. The highest BCUT2D eigenvalue weighted by Gasteiger charge is 2.13. The molecule has 1 aromatic carbocycles. The molecule has 0 heterocycles. The third kappa shape index (κ3) is 2.19. The Labute approximate surface area is 88.0 Å². The third-order valence-corrected chi connectivity index (χ3v) is 2.35. The molecule has 0 amide bonds. The maximum absolute atomic E-state index is 12.7. The summed E-state index contributed by atoms with van der Waals surface area (Å²) in [5.74, 6) is -0.990. The molecule has 0 aliphatic heterocycles. The molecule has 70 valence electrons. The van der Waals surface area contributed by atoms with Crippen LogP contribution in [0.2, 0.25) is 0 Å². The second-order valence-electron chi connectivity index (χ2n) is 2.41. The average molecular weight is 266 g/mol. The van der Waals surface area contributed by atoms with Gasteiger partial charge in [-0.25, -0.2) is 4.39 Å². The Bertz CT molecular complexity index is 333. The molecule has 0 fully saturated rings. The number of rotatable bonds is 2. The van der Waals surface area contributed by atoms with Crippen molar-refractivity contribution in [1.82, 2.24) is 0 Å². The topological polar surface area (TPSA) is 43.1 Å². The van der Waals surface area contributed by atoms with Gasteiger partial charge in [0, 0.05) is 10.2 Å². The van der Waals surface area contributed by atoms with Crippen LogP contribution in [0.5, 0.6) is 0 Å². The molecule has 5 heteroatoms. The Morgan fingerprint density at radius 3 is 2.69 bits per heavy atom. The number of carbonyl (C=O) groups is 1. The van der Waals surface area contributed by atoms with Gasteiger partial charge in [0.05, 0.1) is 11.4 Å². The lowest BCUT2D eigenvalue weighted by Gasteiger charge is -2.05. The molecule has 2 N–H and O–H groups in total. The normalized spacial score (nSPS) is 10.1. The maximum atomic E-state index is 12.7. The van der Waals surface area contributed by atoms with E-state index >= 15 is 0 Å². The van der Waals surface area contributed by atoms with Crippen LogP contribution in [0.25, 0.3) is 0 Å². The lowest BCUT2D eigenvalue weighted by molar-refractivity contribution is 0.102. The van der Waals surface area contributed by atoms with Crippen molar-refractivity contribution in [2.75, 3.05) is 11.6 Å². The summed E-state index contributed by atoms with van der Waals surface area (Å²) in [7, 11) is 0. The first-order valence-electron chi connectivity index (χ1n) is 3.40. The molecule has 0 saturated heterocycles. The van der Waals surface area contributed by atoms with Crippen molar-refractivity contribution in [3.63, 3.8) is 0 Å². The smallest absolute Gasteiger partial charge is 0.180 e. The standard InChI is InChI=1S/C8H6BrClFNO/c9-5-1-4(11)2-6(12)8(5)7(13)3-10/h1-2H,3,12H2. The first-order chi connectivity index (χ1) is 6.06. The zero-order valence-electron chi connectivity index (χ0n) is 6.48. The number of hydrogen-bond acceptors (Lipinski definition) is 2. The average Bonchev–Trinajstić information content (AvgIpc) is 2.02. The molecule has 0 aliphatic carbocycles. The van der Waals surface area contributed by atoms with E-state index in [1.165, 1.54) is 6.07 Å². The molecular formula is C8H6BrClFNO. The molecule has 1 rings (SSSR count). The van der Waals surface area contributed by atoms with Gasteiger partial charge in [0.1, 0.15) is 5.82 Å². The van der Waals surface area contributed by atoms with Gasteiger partial charge in [-0.1, -0.05) is 0 Å². The Morgan fingerprint density at radius 1 is 1.62 bits per heavy atom. The highest BCUT2D eigenvalue weighted by Crippen LogP contribution is 2.25. The first-order valence-corrected chi connectivity index (χ1v) is 4.72. The summed E-state index contributed by atoms with van der Waals surface area (Å²) in [5, 5.41) is 0. The van der Waals surface area contributed by atoms with Crippen LogP contribution in [0.15, 0.2) is 16.6 Å². The number of carbonyl (C=O) groups excluding carboxylic acids is 1. The molecule has 2 nitrogen and oxygen atoms in total. The minimum Gasteiger partial charge on any atom is -0.398 e. The molecule has 0 spiro atoms. The lowest BCUT2D eigenvalue weighted by atomic mass is 10.1. The predicted molar refractivity (Wildman–Crippen MR) is 53.6 cm³/mol. The number of nitrogens with two attached hydrogens (primary N) is 1. The first kappa shape index (κ1) is 10.5. The summed E-state index contributed by atoms with van der Waals surface area (Å²) in [4.78, 5) is 11.2. The Hall–Kier alpha value is -0.610. The van der Waals surface area contributed by atoms with Crippen LogP contribution in [0, 0.1) is 5.82 Å². The monoisotopic (exact) mass is 265 g/mol. The molecule has 0 aliphatic rings. The van der Waals surface area contributed by atoms with Crippen molar-refractivity contribution >= 4 is 39.0 Å². The Balaban J connectivity index is 3.28. The number of ketones is 1. The van der Waals surface area contributed by atoms with E-state index in [1.807, 2.05) is 0 Å². The molecule has 0 aromatic heterocycles. The maximum Gasteiger partial charge on any atom is 0.180 e. The Kier molecular flexibility index (Phi) is 3.27. The van der Waals surface area contributed by atoms with Gasteiger partial charge in [0.25, 0.3) is 0 Å². The van der Waals surface area contributed by atoms with E-state index in [0.29, 0.717) is 4.47 Å². The molecule has 0 saturated carbocycles. The molecule has 0 atom stereocenters. The van der Waals surface area contributed by atoms with Crippen molar-refractivity contribution in [3.8, 4) is 0 Å². The van der Waals surface area contributed by atoms with E-state index < -0.39 is 5.82 Å². The van der Waals surface area contributed by atoms with Crippen molar-refractivity contribution in [2.24, 2.45) is 0 Å². The SMILES string of the molecule is Nc1cc(F)cc(Br)c1C(=O)CCl. The van der Waals surface area contributed by atoms with Crippen LogP contribution in [-0.4, -0.2) is 11.7 Å². The fourth-order valence-corrected chi connectivity index (χ4v) is 1.76. The number of hydrogen-bond donors (Lipinski definition) is 1. The van der Waals surface area contributed by atoms with Gasteiger partial charge in [0.2, 0.25) is 0 Å². The van der Waals surface area contributed by atoms with Crippen molar-refractivity contribution < 1.29 is 9.18 Å². The van der Waals surface area contributed by atoms with E-state index in [9.17, 15) is 9.18 Å². The fraction of sp³-hybridized carbons (Fsp3) is 0.125. The van der Waals surface area contributed by atoms with E-state index in [0.717, 1.165) is 6.07 Å². The summed E-state index contributed by atoms with van der Waals surface area (Å²) in [5.41, 5.74) is 5.78. The van der Waals surface area contributed by atoms with Crippen molar-refractivity contribution in [2.45, 2.75) is 0 Å². The number of anilines is 1. The second kappa shape index (κ2) is 4.07. The van der Waals surface area contributed by atoms with Crippen LogP contribution >= 0.6 is 27.5 Å². The van der Waals surface area contributed by atoms with Crippen molar-refractivity contribution in [1.29, 1.82) is 0 Å². The van der Waals surface area contributed by atoms with E-state index in [-0.39, 0.29) is 22.9 Å². The minimum atomic E-state index is -0.490. The second-order valence-corrected chi connectivity index (χ2v) is 3.53. The van der Waals surface area contributed by atoms with Gasteiger partial charge in [-0.15, -0.1) is 11.6 Å². The summed E-state index contributed by atoms with van der Waals surface area (Å²) in [6.45, 7) is 0. The third-order valence-electron chi connectivity index (χ3n) is 1.49. The molecule has 1 aromatic rings.